The van der Waals surface area contributed by atoms with E-state index in [0.717, 1.165) is 5.92 Å². The molecule has 0 heteroatoms. The third kappa shape index (κ3) is 1.20. The molecule has 0 N–H and O–H groups in total. The fourth-order valence-corrected chi connectivity index (χ4v) is 3.98. The first-order chi connectivity index (χ1) is 6.95. The Morgan fingerprint density at radius 1 is 1.33 bits per heavy atom. The highest BCUT2D eigenvalue weighted by Crippen LogP contribution is 2.64. The van der Waals surface area contributed by atoms with Gasteiger partial charge in [0.05, 0.1) is 0 Å². The van der Waals surface area contributed by atoms with Gasteiger partial charge in [-0.3, -0.25) is 0 Å². The molecule has 0 bridgehead atoms. The quantitative estimate of drug-likeness (QED) is 0.579. The highest BCUT2D eigenvalue weighted by Gasteiger charge is 2.54. The van der Waals surface area contributed by atoms with Crippen LogP contribution in [0, 0.1) is 16.7 Å². The lowest BCUT2D eigenvalue weighted by Crippen LogP contribution is -2.40. The van der Waals surface area contributed by atoms with E-state index < -0.39 is 0 Å². The third-order valence-corrected chi connectivity index (χ3v) is 5.89. The van der Waals surface area contributed by atoms with Crippen molar-refractivity contribution in [1.82, 2.24) is 0 Å². The Kier molecular flexibility index (Phi) is 2.37. The standard InChI is InChI=1S/C15H24/c1-6-13-8-10-14(4)11(2)7-9-15(14,5)12(13)3/h6,11H,1,7-10H2,2-5H3/t11-,14+,15+/m1/s1. The lowest BCUT2D eigenvalue weighted by atomic mass is 9.55. The minimum Gasteiger partial charge on any atom is -0.0988 e. The third-order valence-electron chi connectivity index (χ3n) is 5.89. The second-order valence-corrected chi connectivity index (χ2v) is 6.04. The SMILES string of the molecule is C=CC1=C(C)[C@]2(C)CC[C@@H](C)[C@]2(C)CC1. The van der Waals surface area contributed by atoms with Crippen LogP contribution < -0.4 is 0 Å². The van der Waals surface area contributed by atoms with Crippen LogP contribution in [0.25, 0.3) is 0 Å². The monoisotopic (exact) mass is 204 g/mol. The van der Waals surface area contributed by atoms with Gasteiger partial charge in [0, 0.05) is 0 Å². The summed E-state index contributed by atoms with van der Waals surface area (Å²) in [6, 6.07) is 0. The summed E-state index contributed by atoms with van der Waals surface area (Å²) in [4.78, 5) is 0. The molecule has 84 valence electrons. The highest BCUT2D eigenvalue weighted by atomic mass is 14.6. The van der Waals surface area contributed by atoms with E-state index in [4.69, 9.17) is 0 Å². The Labute approximate surface area is 94.5 Å². The van der Waals surface area contributed by atoms with E-state index in [9.17, 15) is 0 Å². The first-order valence-electron chi connectivity index (χ1n) is 6.28. The topological polar surface area (TPSA) is 0 Å². The van der Waals surface area contributed by atoms with Crippen molar-refractivity contribution in [2.75, 3.05) is 0 Å². The molecule has 0 nitrogen and oxygen atoms in total. The molecule has 0 radical (unpaired) electrons. The van der Waals surface area contributed by atoms with Crippen molar-refractivity contribution in [3.05, 3.63) is 23.8 Å². The van der Waals surface area contributed by atoms with Crippen LogP contribution in [-0.2, 0) is 0 Å². The van der Waals surface area contributed by atoms with Crippen molar-refractivity contribution in [2.45, 2.75) is 53.4 Å². The Balaban J connectivity index is 2.51. The zero-order valence-corrected chi connectivity index (χ0v) is 10.7. The molecular weight excluding hydrogens is 180 g/mol. The first kappa shape index (κ1) is 11.0. The van der Waals surface area contributed by atoms with Gasteiger partial charge in [0.15, 0.2) is 0 Å². The maximum Gasteiger partial charge on any atom is -0.00568 e. The molecule has 0 saturated heterocycles. The van der Waals surface area contributed by atoms with E-state index in [1.165, 1.54) is 31.3 Å². The van der Waals surface area contributed by atoms with Crippen molar-refractivity contribution >= 4 is 0 Å². The maximum absolute atomic E-state index is 3.96. The fraction of sp³-hybridized carbons (Fsp3) is 0.733. The normalized spacial score (nSPS) is 45.5. The van der Waals surface area contributed by atoms with E-state index >= 15 is 0 Å². The van der Waals surface area contributed by atoms with Gasteiger partial charge in [0.1, 0.15) is 0 Å². The zero-order chi connectivity index (χ0) is 11.3. The summed E-state index contributed by atoms with van der Waals surface area (Å²) >= 11 is 0. The fourth-order valence-electron chi connectivity index (χ4n) is 3.98. The van der Waals surface area contributed by atoms with Gasteiger partial charge >= 0.3 is 0 Å². The zero-order valence-electron chi connectivity index (χ0n) is 10.7. The van der Waals surface area contributed by atoms with E-state index in [0.29, 0.717) is 10.8 Å². The molecule has 1 fully saturated rings. The van der Waals surface area contributed by atoms with E-state index in [1.54, 1.807) is 5.57 Å². The minimum absolute atomic E-state index is 0.439. The van der Waals surface area contributed by atoms with Crippen LogP contribution >= 0.6 is 0 Å². The van der Waals surface area contributed by atoms with E-state index in [-0.39, 0.29) is 0 Å². The van der Waals surface area contributed by atoms with Gasteiger partial charge in [-0.15, -0.1) is 0 Å². The van der Waals surface area contributed by atoms with Gasteiger partial charge in [-0.25, -0.2) is 0 Å². The maximum atomic E-state index is 3.96. The van der Waals surface area contributed by atoms with E-state index in [2.05, 4.69) is 40.3 Å². The number of rotatable bonds is 1. The smallest absolute Gasteiger partial charge is 0.00568 e. The second-order valence-electron chi connectivity index (χ2n) is 6.04. The number of hydrogen-bond acceptors (Lipinski definition) is 0. The summed E-state index contributed by atoms with van der Waals surface area (Å²) in [6.07, 6.45) is 7.45. The Morgan fingerprint density at radius 2 is 2.00 bits per heavy atom. The first-order valence-corrected chi connectivity index (χ1v) is 6.28. The molecule has 2 aliphatic rings. The van der Waals surface area contributed by atoms with Crippen LogP contribution in [0.2, 0.25) is 0 Å². The Hall–Kier alpha value is -0.520. The molecule has 0 heterocycles. The molecule has 0 unspecified atom stereocenters. The summed E-state index contributed by atoms with van der Waals surface area (Å²) < 4.78 is 0. The number of allylic oxidation sites excluding steroid dienone is 3. The van der Waals surface area contributed by atoms with Crippen molar-refractivity contribution in [3.63, 3.8) is 0 Å². The van der Waals surface area contributed by atoms with Gasteiger partial charge in [0.2, 0.25) is 0 Å². The van der Waals surface area contributed by atoms with Crippen molar-refractivity contribution in [2.24, 2.45) is 16.7 Å². The van der Waals surface area contributed by atoms with Crippen LogP contribution in [0.1, 0.15) is 53.4 Å². The van der Waals surface area contributed by atoms with Crippen LogP contribution in [0.4, 0.5) is 0 Å². The molecule has 0 amide bonds. The highest BCUT2D eigenvalue weighted by molar-refractivity contribution is 5.34. The predicted molar refractivity (Wildman–Crippen MR) is 66.7 cm³/mol. The summed E-state index contributed by atoms with van der Waals surface area (Å²) in [5, 5.41) is 0. The summed E-state index contributed by atoms with van der Waals surface area (Å²) in [7, 11) is 0. The molecular formula is C15H24. The van der Waals surface area contributed by atoms with E-state index in [1.807, 2.05) is 0 Å². The van der Waals surface area contributed by atoms with Gasteiger partial charge in [-0.05, 0) is 54.9 Å². The Bertz CT molecular complexity index is 323. The number of hydrogen-bond donors (Lipinski definition) is 0. The molecule has 0 aromatic rings. The average Bonchev–Trinajstić information content (AvgIpc) is 2.45. The molecule has 3 atom stereocenters. The number of fused-ring (bicyclic) bond motifs is 1. The molecule has 0 spiro atoms. The largest absolute Gasteiger partial charge is 0.0988 e. The van der Waals surface area contributed by atoms with Gasteiger partial charge < -0.3 is 0 Å². The molecule has 0 aromatic heterocycles. The minimum atomic E-state index is 0.439. The lowest BCUT2D eigenvalue weighted by molar-refractivity contribution is 0.0838. The summed E-state index contributed by atoms with van der Waals surface area (Å²) in [5.41, 5.74) is 4.11. The molecule has 1 saturated carbocycles. The van der Waals surface area contributed by atoms with Crippen LogP contribution in [0.15, 0.2) is 23.8 Å². The molecule has 2 rings (SSSR count). The van der Waals surface area contributed by atoms with Gasteiger partial charge in [-0.2, -0.15) is 0 Å². The van der Waals surface area contributed by atoms with Crippen LogP contribution in [0.3, 0.4) is 0 Å². The average molecular weight is 204 g/mol. The summed E-state index contributed by atoms with van der Waals surface area (Å²) in [6.45, 7) is 13.7. The van der Waals surface area contributed by atoms with Crippen LogP contribution in [0.5, 0.6) is 0 Å². The van der Waals surface area contributed by atoms with Gasteiger partial charge in [-0.1, -0.05) is 39.0 Å². The van der Waals surface area contributed by atoms with Gasteiger partial charge in [0.25, 0.3) is 0 Å². The van der Waals surface area contributed by atoms with Crippen molar-refractivity contribution in [1.29, 1.82) is 0 Å². The summed E-state index contributed by atoms with van der Waals surface area (Å²) in [5.74, 6) is 0.879. The molecule has 0 aromatic carbocycles. The lowest BCUT2D eigenvalue weighted by Gasteiger charge is -2.49. The van der Waals surface area contributed by atoms with Crippen molar-refractivity contribution < 1.29 is 0 Å². The Morgan fingerprint density at radius 3 is 2.60 bits per heavy atom. The molecule has 2 aliphatic carbocycles. The predicted octanol–water partition coefficient (Wildman–Crippen LogP) is 4.73. The second kappa shape index (κ2) is 3.23. The molecule has 15 heavy (non-hydrogen) atoms. The van der Waals surface area contributed by atoms with Crippen LogP contribution in [-0.4, -0.2) is 0 Å². The molecule has 0 aliphatic heterocycles. The van der Waals surface area contributed by atoms with Crippen molar-refractivity contribution in [3.8, 4) is 0 Å².